The molecule has 1 aliphatic rings. The Labute approximate surface area is 114 Å². The van der Waals surface area contributed by atoms with Gasteiger partial charge in [0.1, 0.15) is 10.3 Å². The summed E-state index contributed by atoms with van der Waals surface area (Å²) in [5.74, 6) is -0.534. The van der Waals surface area contributed by atoms with Crippen molar-refractivity contribution in [2.24, 2.45) is 0 Å². The van der Waals surface area contributed by atoms with Crippen LogP contribution in [-0.2, 0) is 21.2 Å². The molecule has 7 nitrogen and oxygen atoms in total. The predicted octanol–water partition coefficient (Wildman–Crippen LogP) is -0.203. The van der Waals surface area contributed by atoms with Crippen molar-refractivity contribution in [3.8, 4) is 0 Å². The Kier molecular flexibility index (Phi) is 3.88. The molecule has 1 atom stereocenters. The molecule has 0 aliphatic carbocycles. The van der Waals surface area contributed by atoms with Crippen LogP contribution in [0.5, 0.6) is 0 Å². The van der Waals surface area contributed by atoms with Crippen molar-refractivity contribution >= 4 is 33.3 Å². The highest BCUT2D eigenvalue weighted by atomic mass is 32.2. The minimum Gasteiger partial charge on any atom is -0.325 e. The maximum Gasteiger partial charge on any atom is 0.322 e. The number of carbonyl (C=O) groups is 2. The molecular formula is C10H13N3O4S2. The van der Waals surface area contributed by atoms with E-state index in [1.807, 2.05) is 12.2 Å². The molecule has 1 fully saturated rings. The molecule has 19 heavy (non-hydrogen) atoms. The van der Waals surface area contributed by atoms with Crippen molar-refractivity contribution in [2.45, 2.75) is 23.6 Å². The van der Waals surface area contributed by atoms with Crippen LogP contribution in [-0.4, -0.2) is 32.9 Å². The number of hydrogen-bond donors (Lipinski definition) is 3. The highest BCUT2D eigenvalue weighted by Gasteiger charge is 2.30. The maximum absolute atomic E-state index is 12.0. The maximum atomic E-state index is 12.0. The summed E-state index contributed by atoms with van der Waals surface area (Å²) in [6, 6.07) is 1.80. The molecule has 1 saturated heterocycles. The summed E-state index contributed by atoms with van der Waals surface area (Å²) >= 11 is 1.19. The third kappa shape index (κ3) is 3.11. The van der Waals surface area contributed by atoms with E-state index in [4.69, 9.17) is 0 Å². The van der Waals surface area contributed by atoms with Crippen molar-refractivity contribution in [3.63, 3.8) is 0 Å². The standard InChI is InChI=1S/C10H13N3O4S2/c1-2-6-3-4-8(18-6)19(16,17)11-5-7-9(14)13-10(15)12-7/h3-4,7,11H,2,5H2,1H3,(H2,12,13,14,15). The van der Waals surface area contributed by atoms with Crippen LogP contribution in [0.4, 0.5) is 4.79 Å². The first-order chi connectivity index (χ1) is 8.92. The fourth-order valence-corrected chi connectivity index (χ4v) is 3.95. The zero-order chi connectivity index (χ0) is 14.0. The molecule has 1 aliphatic heterocycles. The van der Waals surface area contributed by atoms with E-state index in [-0.39, 0.29) is 10.8 Å². The fraction of sp³-hybridized carbons (Fsp3) is 0.400. The van der Waals surface area contributed by atoms with Gasteiger partial charge < -0.3 is 5.32 Å². The first-order valence-electron chi connectivity index (χ1n) is 5.62. The summed E-state index contributed by atoms with van der Waals surface area (Å²) < 4.78 is 26.4. The zero-order valence-electron chi connectivity index (χ0n) is 10.1. The average Bonchev–Trinajstić information content (AvgIpc) is 2.94. The SMILES string of the molecule is CCc1ccc(S(=O)(=O)NCC2NC(=O)NC2=O)s1. The van der Waals surface area contributed by atoms with Crippen LogP contribution >= 0.6 is 11.3 Å². The molecule has 0 aromatic carbocycles. The van der Waals surface area contributed by atoms with Gasteiger partial charge in [0.25, 0.3) is 5.91 Å². The van der Waals surface area contributed by atoms with Gasteiger partial charge in [-0.2, -0.15) is 0 Å². The molecule has 1 aromatic heterocycles. The van der Waals surface area contributed by atoms with Gasteiger partial charge in [0.05, 0.1) is 0 Å². The Bertz CT molecular complexity index is 608. The molecule has 1 unspecified atom stereocenters. The van der Waals surface area contributed by atoms with Gasteiger partial charge in [-0.1, -0.05) is 6.92 Å². The van der Waals surface area contributed by atoms with Gasteiger partial charge in [0.15, 0.2) is 0 Å². The van der Waals surface area contributed by atoms with Crippen molar-refractivity contribution in [3.05, 3.63) is 17.0 Å². The fourth-order valence-electron chi connectivity index (χ4n) is 1.56. The van der Waals surface area contributed by atoms with E-state index in [0.717, 1.165) is 11.3 Å². The zero-order valence-corrected chi connectivity index (χ0v) is 11.7. The molecule has 3 amide bonds. The summed E-state index contributed by atoms with van der Waals surface area (Å²) in [5, 5.41) is 4.36. The molecular weight excluding hydrogens is 290 g/mol. The van der Waals surface area contributed by atoms with E-state index < -0.39 is 28.0 Å². The highest BCUT2D eigenvalue weighted by molar-refractivity contribution is 7.91. The molecule has 9 heteroatoms. The van der Waals surface area contributed by atoms with Gasteiger partial charge in [-0.05, 0) is 18.6 Å². The summed E-state index contributed by atoms with van der Waals surface area (Å²) in [6.07, 6.45) is 0.765. The predicted molar refractivity (Wildman–Crippen MR) is 69.3 cm³/mol. The van der Waals surface area contributed by atoms with E-state index >= 15 is 0 Å². The lowest BCUT2D eigenvalue weighted by atomic mass is 10.3. The smallest absolute Gasteiger partial charge is 0.322 e. The Morgan fingerprint density at radius 2 is 2.11 bits per heavy atom. The molecule has 3 N–H and O–H groups in total. The van der Waals surface area contributed by atoms with Crippen LogP contribution in [0.2, 0.25) is 0 Å². The van der Waals surface area contributed by atoms with Gasteiger partial charge in [0.2, 0.25) is 10.0 Å². The van der Waals surface area contributed by atoms with E-state index in [9.17, 15) is 18.0 Å². The number of urea groups is 1. The summed E-state index contributed by atoms with van der Waals surface area (Å²) in [7, 11) is -3.64. The molecule has 1 aromatic rings. The van der Waals surface area contributed by atoms with Crippen LogP contribution in [0.15, 0.2) is 16.3 Å². The minimum absolute atomic E-state index is 0.167. The second-order valence-electron chi connectivity index (χ2n) is 3.94. The largest absolute Gasteiger partial charge is 0.325 e. The van der Waals surface area contributed by atoms with Crippen molar-refractivity contribution < 1.29 is 18.0 Å². The lowest BCUT2D eigenvalue weighted by molar-refractivity contribution is -0.120. The number of rotatable bonds is 5. The van der Waals surface area contributed by atoms with E-state index in [1.165, 1.54) is 17.4 Å². The summed E-state index contributed by atoms with van der Waals surface area (Å²) in [5.41, 5.74) is 0. The Hall–Kier alpha value is -1.45. The molecule has 104 valence electrons. The molecule has 2 heterocycles. The Morgan fingerprint density at radius 1 is 1.37 bits per heavy atom. The number of amides is 3. The minimum atomic E-state index is -3.64. The topological polar surface area (TPSA) is 104 Å². The second kappa shape index (κ2) is 5.27. The van der Waals surface area contributed by atoms with Crippen LogP contribution < -0.4 is 15.4 Å². The summed E-state index contributed by atoms with van der Waals surface area (Å²) in [6.45, 7) is 1.77. The van der Waals surface area contributed by atoms with E-state index in [1.54, 1.807) is 6.07 Å². The van der Waals surface area contributed by atoms with Crippen LogP contribution in [0, 0.1) is 0 Å². The Balaban J connectivity index is 2.02. The number of aryl methyl sites for hydroxylation is 1. The number of thiophene rings is 1. The third-order valence-electron chi connectivity index (χ3n) is 2.59. The van der Waals surface area contributed by atoms with E-state index in [0.29, 0.717) is 0 Å². The quantitative estimate of drug-likeness (QED) is 0.655. The molecule has 0 saturated carbocycles. The Morgan fingerprint density at radius 3 is 2.63 bits per heavy atom. The number of sulfonamides is 1. The number of hydrogen-bond acceptors (Lipinski definition) is 5. The van der Waals surface area contributed by atoms with E-state index in [2.05, 4.69) is 10.0 Å². The van der Waals surface area contributed by atoms with Crippen LogP contribution in [0.25, 0.3) is 0 Å². The number of nitrogens with one attached hydrogen (secondary N) is 3. The lowest BCUT2D eigenvalue weighted by Gasteiger charge is -2.08. The van der Waals surface area contributed by atoms with Gasteiger partial charge >= 0.3 is 6.03 Å². The molecule has 0 bridgehead atoms. The highest BCUT2D eigenvalue weighted by Crippen LogP contribution is 2.21. The van der Waals surface area contributed by atoms with Gasteiger partial charge in [-0.15, -0.1) is 11.3 Å². The second-order valence-corrected chi connectivity index (χ2v) is 7.10. The molecule has 2 rings (SSSR count). The van der Waals surface area contributed by atoms with Gasteiger partial charge in [0, 0.05) is 11.4 Å². The van der Waals surface area contributed by atoms with Crippen LogP contribution in [0.3, 0.4) is 0 Å². The number of imide groups is 1. The van der Waals surface area contributed by atoms with Gasteiger partial charge in [-0.25, -0.2) is 17.9 Å². The van der Waals surface area contributed by atoms with Crippen LogP contribution in [0.1, 0.15) is 11.8 Å². The molecule has 0 radical (unpaired) electrons. The molecule has 0 spiro atoms. The normalized spacial score (nSPS) is 19.3. The summed E-state index contributed by atoms with van der Waals surface area (Å²) in [4.78, 5) is 23.1. The average molecular weight is 303 g/mol. The van der Waals surface area contributed by atoms with Crippen molar-refractivity contribution in [2.75, 3.05) is 6.54 Å². The third-order valence-corrected chi connectivity index (χ3v) is 5.73. The number of carbonyl (C=O) groups excluding carboxylic acids is 2. The van der Waals surface area contributed by atoms with Crippen molar-refractivity contribution in [1.29, 1.82) is 0 Å². The monoisotopic (exact) mass is 303 g/mol. The first kappa shape index (κ1) is 14.0. The first-order valence-corrected chi connectivity index (χ1v) is 7.92. The van der Waals surface area contributed by atoms with Crippen molar-refractivity contribution in [1.82, 2.24) is 15.4 Å². The lowest BCUT2D eigenvalue weighted by Crippen LogP contribution is -2.41. The van der Waals surface area contributed by atoms with Gasteiger partial charge in [-0.3, -0.25) is 10.1 Å².